The second-order valence-electron chi connectivity index (χ2n) is 11.9. The molecule has 3 aromatic carbocycles. The van der Waals surface area contributed by atoms with Crippen LogP contribution in [0.4, 0.5) is 5.69 Å². The number of sulfonamides is 1. The Morgan fingerprint density at radius 1 is 0.958 bits per heavy atom. The summed E-state index contributed by atoms with van der Waals surface area (Å²) in [7, 11) is -0.608. The van der Waals surface area contributed by atoms with Crippen molar-refractivity contribution in [1.29, 1.82) is 0 Å². The Balaban J connectivity index is 1.59. The number of rotatable bonds is 15. The maximum atomic E-state index is 14.2. The third kappa shape index (κ3) is 8.79. The van der Waals surface area contributed by atoms with Gasteiger partial charge in [-0.2, -0.15) is 4.31 Å². The summed E-state index contributed by atoms with van der Waals surface area (Å²) >= 11 is 0. The van der Waals surface area contributed by atoms with Crippen molar-refractivity contribution in [3.8, 4) is 0 Å². The van der Waals surface area contributed by atoms with Gasteiger partial charge in [-0.3, -0.25) is 14.6 Å². The number of hydrogen-bond acceptors (Lipinski definition) is 8. The second-order valence-corrected chi connectivity index (χ2v) is 13.8. The molecule has 1 heterocycles. The molecule has 48 heavy (non-hydrogen) atoms. The van der Waals surface area contributed by atoms with E-state index in [-0.39, 0.29) is 49.6 Å². The quantitative estimate of drug-likeness (QED) is 0.0751. The van der Waals surface area contributed by atoms with Crippen molar-refractivity contribution in [2.24, 2.45) is 16.5 Å². The van der Waals surface area contributed by atoms with E-state index < -0.39 is 52.0 Å². The number of carbonyl (C=O) groups is 3. The van der Waals surface area contributed by atoms with E-state index in [0.29, 0.717) is 17.2 Å². The fraction of sp³-hybridized carbons (Fsp3) is 0.394. The number of aliphatic hydroxyl groups is 1. The van der Waals surface area contributed by atoms with Crippen LogP contribution in [0.1, 0.15) is 31.2 Å². The van der Waals surface area contributed by atoms with Crippen LogP contribution in [0.5, 0.6) is 0 Å². The topological polar surface area (TPSA) is 221 Å². The summed E-state index contributed by atoms with van der Waals surface area (Å²) in [4.78, 5) is 45.0. The first kappa shape index (κ1) is 36.1. The lowest BCUT2D eigenvalue weighted by Crippen LogP contribution is -2.55. The average Bonchev–Trinajstić information content (AvgIpc) is 3.46. The van der Waals surface area contributed by atoms with Crippen LogP contribution in [0.25, 0.3) is 10.8 Å². The minimum atomic E-state index is -4.31. The van der Waals surface area contributed by atoms with E-state index in [1.165, 1.54) is 6.07 Å². The first-order valence-electron chi connectivity index (χ1n) is 15.6. The van der Waals surface area contributed by atoms with Gasteiger partial charge in [-0.15, -0.1) is 0 Å². The van der Waals surface area contributed by atoms with E-state index in [4.69, 9.17) is 11.5 Å². The van der Waals surface area contributed by atoms with Gasteiger partial charge in [0.05, 0.1) is 11.0 Å². The summed E-state index contributed by atoms with van der Waals surface area (Å²) in [6, 6.07) is 15.6. The van der Waals surface area contributed by atoms with E-state index in [1.807, 2.05) is 61.5 Å². The van der Waals surface area contributed by atoms with Crippen molar-refractivity contribution < 1.29 is 33.0 Å². The Labute approximate surface area is 279 Å². The molecule has 0 aliphatic carbocycles. The van der Waals surface area contributed by atoms with E-state index in [9.17, 15) is 33.0 Å². The third-order valence-electron chi connectivity index (χ3n) is 8.22. The molecule has 3 aromatic rings. The van der Waals surface area contributed by atoms with Crippen molar-refractivity contribution in [3.05, 3.63) is 72.3 Å². The molecule has 0 bridgehead atoms. The van der Waals surface area contributed by atoms with Gasteiger partial charge in [0.1, 0.15) is 18.1 Å². The molecule has 258 valence electrons. The molecule has 1 saturated heterocycles. The van der Waals surface area contributed by atoms with Crippen LogP contribution in [0, 0.1) is 0 Å². The summed E-state index contributed by atoms with van der Waals surface area (Å²) in [6.45, 7) is -0.153. The molecule has 0 saturated carbocycles. The maximum Gasteiger partial charge on any atom is 0.326 e. The lowest BCUT2D eigenvalue weighted by molar-refractivity contribution is -0.142. The smallest absolute Gasteiger partial charge is 0.326 e. The zero-order valence-electron chi connectivity index (χ0n) is 27.0. The number of aliphatic hydroxyl groups excluding tert-OH is 1. The van der Waals surface area contributed by atoms with Gasteiger partial charge in [0.15, 0.2) is 5.96 Å². The van der Waals surface area contributed by atoms with Gasteiger partial charge >= 0.3 is 5.97 Å². The van der Waals surface area contributed by atoms with Crippen LogP contribution in [0.2, 0.25) is 0 Å². The number of carboxylic acid groups (broad SMARTS) is 1. The highest BCUT2D eigenvalue weighted by molar-refractivity contribution is 7.89. The van der Waals surface area contributed by atoms with Crippen LogP contribution in [-0.2, 0) is 30.8 Å². The third-order valence-corrected chi connectivity index (χ3v) is 10.2. The molecule has 15 heteroatoms. The van der Waals surface area contributed by atoms with Crippen LogP contribution in [0.3, 0.4) is 0 Å². The summed E-state index contributed by atoms with van der Waals surface area (Å²) in [5.74, 6) is -2.93. The van der Waals surface area contributed by atoms with Gasteiger partial charge in [-0.25, -0.2) is 13.2 Å². The zero-order valence-corrected chi connectivity index (χ0v) is 27.8. The summed E-state index contributed by atoms with van der Waals surface area (Å²) in [5, 5.41) is 26.7. The highest BCUT2D eigenvalue weighted by Gasteiger charge is 2.44. The highest BCUT2D eigenvalue weighted by atomic mass is 32.2. The highest BCUT2D eigenvalue weighted by Crippen LogP contribution is 2.34. The van der Waals surface area contributed by atoms with Gasteiger partial charge in [-0.05, 0) is 43.4 Å². The molecule has 1 fully saturated rings. The van der Waals surface area contributed by atoms with Gasteiger partial charge in [0.25, 0.3) is 0 Å². The Kier molecular flexibility index (Phi) is 12.0. The van der Waals surface area contributed by atoms with E-state index >= 15 is 0 Å². The number of amides is 2. The van der Waals surface area contributed by atoms with Crippen molar-refractivity contribution >= 4 is 50.2 Å². The molecule has 0 radical (unpaired) electrons. The molecule has 1 aliphatic rings. The normalized spacial score (nSPS) is 17.7. The van der Waals surface area contributed by atoms with Gasteiger partial charge < -0.3 is 37.2 Å². The standard InChI is InChI=1S/C33H43N7O7S/c1-39(2)27-14-6-12-24-23(27)11-7-15-29(24)48(46,47)40-20-22(41)19-28(40)31(43)37-25(17-16-21-9-4-3-5-10-21)30(42)38-26(32(44)45)13-8-18-36-33(34)35/h3-7,9-12,14-15,22,25-26,28,41H,8,13,16-20H2,1-2H3,(H,37,43)(H,38,42)(H,44,45)(H4,34,35,36)/t22-,25+,26+,28+/m1/s1. The lowest BCUT2D eigenvalue weighted by atomic mass is 10.0. The van der Waals surface area contributed by atoms with E-state index in [1.54, 1.807) is 18.2 Å². The molecule has 0 spiro atoms. The van der Waals surface area contributed by atoms with Crippen LogP contribution in [0.15, 0.2) is 76.6 Å². The van der Waals surface area contributed by atoms with Crippen LogP contribution >= 0.6 is 0 Å². The van der Waals surface area contributed by atoms with E-state index in [2.05, 4.69) is 15.6 Å². The number of hydrogen-bond donors (Lipinski definition) is 6. The number of anilines is 1. The Bertz CT molecular complexity index is 1750. The first-order chi connectivity index (χ1) is 22.8. The van der Waals surface area contributed by atoms with Gasteiger partial charge in [0.2, 0.25) is 21.8 Å². The maximum absolute atomic E-state index is 14.2. The number of carboxylic acids is 1. The van der Waals surface area contributed by atoms with Crippen molar-refractivity contribution in [3.63, 3.8) is 0 Å². The average molecular weight is 682 g/mol. The number of nitrogens with zero attached hydrogens (tertiary/aromatic N) is 3. The van der Waals surface area contributed by atoms with Gasteiger partial charge in [-0.1, -0.05) is 54.6 Å². The predicted octanol–water partition coefficient (Wildman–Crippen LogP) is 0.770. The number of nitrogens with one attached hydrogen (secondary N) is 2. The summed E-state index contributed by atoms with van der Waals surface area (Å²) in [5.41, 5.74) is 12.4. The zero-order chi connectivity index (χ0) is 35.0. The molecular weight excluding hydrogens is 638 g/mol. The molecule has 14 nitrogen and oxygen atoms in total. The van der Waals surface area contributed by atoms with Crippen molar-refractivity contribution in [2.45, 2.75) is 61.2 Å². The minimum absolute atomic E-state index is 0.0148. The molecular formula is C33H43N7O7S. The predicted molar refractivity (Wildman–Crippen MR) is 183 cm³/mol. The van der Waals surface area contributed by atoms with Crippen LogP contribution < -0.4 is 27.0 Å². The van der Waals surface area contributed by atoms with Crippen molar-refractivity contribution in [2.75, 3.05) is 32.1 Å². The molecule has 4 atom stereocenters. The molecule has 4 rings (SSSR count). The van der Waals surface area contributed by atoms with Crippen molar-refractivity contribution in [1.82, 2.24) is 14.9 Å². The fourth-order valence-electron chi connectivity index (χ4n) is 5.82. The monoisotopic (exact) mass is 681 g/mol. The molecule has 2 amide bonds. The number of aliphatic imine (C=N–C) groups is 1. The number of β-amino-alcohol motifs (C(OH)–C–C–N with tert-alkyl or cyclic N) is 1. The largest absolute Gasteiger partial charge is 0.480 e. The van der Waals surface area contributed by atoms with Crippen LogP contribution in [-0.4, -0.2) is 98.1 Å². The lowest BCUT2D eigenvalue weighted by Gasteiger charge is -2.27. The number of aryl methyl sites for hydroxylation is 1. The Morgan fingerprint density at radius 3 is 2.31 bits per heavy atom. The number of benzene rings is 3. The molecule has 0 unspecified atom stereocenters. The number of aliphatic carboxylic acids is 1. The molecule has 8 N–H and O–H groups in total. The van der Waals surface area contributed by atoms with E-state index in [0.717, 1.165) is 15.6 Å². The second kappa shape index (κ2) is 15.9. The summed E-state index contributed by atoms with van der Waals surface area (Å²) in [6.07, 6.45) is -0.553. The summed E-state index contributed by atoms with van der Waals surface area (Å²) < 4.78 is 29.3. The number of fused-ring (bicyclic) bond motifs is 1. The van der Waals surface area contributed by atoms with Gasteiger partial charge in [0, 0.05) is 50.1 Å². The minimum Gasteiger partial charge on any atom is -0.480 e. The Hall–Kier alpha value is -4.73. The first-order valence-corrected chi connectivity index (χ1v) is 17.1. The number of guanidine groups is 1. The fourth-order valence-corrected chi connectivity index (χ4v) is 7.66. The Morgan fingerprint density at radius 2 is 1.65 bits per heavy atom. The number of nitrogens with two attached hydrogens (primary N) is 2. The molecule has 1 aliphatic heterocycles. The molecule has 0 aromatic heterocycles. The SMILES string of the molecule is CN(C)c1cccc2c(S(=O)(=O)N3C[C@H](O)C[C@H]3C(=O)N[C@@H](CCc3ccccc3)C(=O)N[C@@H](CCCN=C(N)N)C(=O)O)cccc12. The number of carbonyl (C=O) groups excluding carboxylic acids is 2.